The van der Waals surface area contributed by atoms with E-state index in [1.807, 2.05) is 37.8 Å². The molecule has 0 radical (unpaired) electrons. The number of aromatic nitrogens is 3. The molecule has 1 aromatic carbocycles. The third-order valence-corrected chi connectivity index (χ3v) is 8.98. The van der Waals surface area contributed by atoms with E-state index in [0.29, 0.717) is 55.9 Å². The number of thiazole rings is 1. The minimum Gasteiger partial charge on any atom is -0.369 e. The van der Waals surface area contributed by atoms with E-state index < -0.39 is 10.0 Å². The number of hydrogen-bond donors (Lipinski definition) is 1. The van der Waals surface area contributed by atoms with Gasteiger partial charge < -0.3 is 20.0 Å². The minimum absolute atomic E-state index is 0.176. The monoisotopic (exact) mass is 542 g/mol. The van der Waals surface area contributed by atoms with Gasteiger partial charge in [0.05, 0.1) is 17.5 Å². The second-order valence-corrected chi connectivity index (χ2v) is 12.3. The first kappa shape index (κ1) is 25.4. The van der Waals surface area contributed by atoms with Crippen molar-refractivity contribution in [2.24, 2.45) is 0 Å². The molecule has 13 heteroatoms. The summed E-state index contributed by atoms with van der Waals surface area (Å²) >= 11 is 1.48. The summed E-state index contributed by atoms with van der Waals surface area (Å²) < 4.78 is 25.1. The van der Waals surface area contributed by atoms with Gasteiger partial charge in [0, 0.05) is 51.1 Å². The number of amides is 1. The third kappa shape index (κ3) is 4.74. The number of hydrogen-bond acceptors (Lipinski definition) is 10. The lowest BCUT2D eigenvalue weighted by Gasteiger charge is -2.35. The Morgan fingerprint density at radius 2 is 1.84 bits per heavy atom. The average Bonchev–Trinajstić information content (AvgIpc) is 3.22. The third-order valence-electron chi connectivity index (χ3n) is 6.68. The van der Waals surface area contributed by atoms with Crippen LogP contribution in [0.5, 0.6) is 0 Å². The first-order valence-electron chi connectivity index (χ1n) is 12.0. The van der Waals surface area contributed by atoms with E-state index in [9.17, 15) is 13.2 Å². The highest BCUT2D eigenvalue weighted by Crippen LogP contribution is 2.42. The van der Waals surface area contributed by atoms with Crippen molar-refractivity contribution in [1.29, 1.82) is 0 Å². The van der Waals surface area contributed by atoms with Crippen LogP contribution in [0.1, 0.15) is 28.0 Å². The highest BCUT2D eigenvalue weighted by atomic mass is 32.2. The molecule has 0 unspecified atom stereocenters. The average molecular weight is 543 g/mol. The maximum atomic E-state index is 13.1. The maximum absolute atomic E-state index is 13.1. The zero-order chi connectivity index (χ0) is 26.5. The molecule has 1 fully saturated rings. The molecule has 37 heavy (non-hydrogen) atoms. The van der Waals surface area contributed by atoms with Crippen LogP contribution in [0.3, 0.4) is 0 Å². The van der Waals surface area contributed by atoms with Crippen molar-refractivity contribution in [3.8, 4) is 0 Å². The molecule has 0 bridgehead atoms. The van der Waals surface area contributed by atoms with E-state index in [2.05, 4.69) is 26.3 Å². The van der Waals surface area contributed by atoms with Gasteiger partial charge in [-0.15, -0.1) is 11.3 Å². The fourth-order valence-electron chi connectivity index (χ4n) is 4.64. The molecular weight excluding hydrogens is 512 g/mol. The first-order chi connectivity index (χ1) is 17.6. The zero-order valence-corrected chi connectivity index (χ0v) is 23.1. The number of rotatable bonds is 5. The van der Waals surface area contributed by atoms with Crippen LogP contribution in [-0.4, -0.2) is 79.6 Å². The predicted molar refractivity (Wildman–Crippen MR) is 147 cm³/mol. The Bertz CT molecular complexity index is 1460. The van der Waals surface area contributed by atoms with Gasteiger partial charge in [-0.25, -0.2) is 18.4 Å². The quantitative estimate of drug-likeness (QED) is 0.519. The topological polar surface area (TPSA) is 115 Å². The molecule has 2 aliphatic rings. The number of piperazine rings is 1. The summed E-state index contributed by atoms with van der Waals surface area (Å²) in [4.78, 5) is 32.6. The molecule has 0 spiro atoms. The largest absolute Gasteiger partial charge is 0.369 e. The lowest BCUT2D eigenvalue weighted by molar-refractivity contribution is 0.0990. The van der Waals surface area contributed by atoms with Crippen molar-refractivity contribution in [2.45, 2.75) is 20.8 Å². The summed E-state index contributed by atoms with van der Waals surface area (Å²) in [6.07, 6.45) is 2.92. The zero-order valence-electron chi connectivity index (χ0n) is 21.5. The van der Waals surface area contributed by atoms with Gasteiger partial charge in [0.2, 0.25) is 16.0 Å². The summed E-state index contributed by atoms with van der Waals surface area (Å²) in [6, 6.07) is 6.09. The number of nitrogens with one attached hydrogen (secondary N) is 1. The van der Waals surface area contributed by atoms with Crippen LogP contribution in [0, 0.1) is 13.8 Å². The van der Waals surface area contributed by atoms with Crippen LogP contribution in [0.25, 0.3) is 0 Å². The van der Waals surface area contributed by atoms with Crippen LogP contribution in [0.2, 0.25) is 0 Å². The molecule has 0 atom stereocenters. The van der Waals surface area contributed by atoms with Crippen LogP contribution < -0.4 is 20.0 Å². The molecule has 0 aliphatic carbocycles. The fraction of sp³-hybridized carbons (Fsp3) is 0.417. The molecular formula is C24H30N8O3S2. The van der Waals surface area contributed by atoms with E-state index in [0.717, 1.165) is 26.9 Å². The molecule has 1 saturated heterocycles. The minimum atomic E-state index is -3.16. The van der Waals surface area contributed by atoms with Crippen LogP contribution in [0.15, 0.2) is 24.4 Å². The van der Waals surface area contributed by atoms with Gasteiger partial charge in [0.15, 0.2) is 11.5 Å². The molecule has 1 amide bonds. The second-order valence-electron chi connectivity index (χ2n) is 9.17. The van der Waals surface area contributed by atoms with Crippen LogP contribution in [-0.2, 0) is 10.0 Å². The van der Waals surface area contributed by atoms with Crippen molar-refractivity contribution < 1.29 is 13.2 Å². The lowest BCUT2D eigenvalue weighted by atomic mass is 10.1. The number of aryl methyl sites for hydroxylation is 2. The Balaban J connectivity index is 1.39. The normalized spacial score (nSPS) is 16.5. The summed E-state index contributed by atoms with van der Waals surface area (Å²) in [6.45, 7) is 8.80. The van der Waals surface area contributed by atoms with Gasteiger partial charge >= 0.3 is 0 Å². The standard InChI is InChI=1S/C24H30N8O3S2/c1-6-32-21-19(29(4)22(33)20-23(32)36-16(3)26-20)14-25-24(28-21)27-18-8-7-17(13-15(18)2)30-9-11-31(12-10-30)37(5,34)35/h7-8,13-14H,6,9-12H2,1-5H3,(H,25,27,28). The second kappa shape index (κ2) is 9.54. The predicted octanol–water partition coefficient (Wildman–Crippen LogP) is 3.12. The van der Waals surface area contributed by atoms with Gasteiger partial charge in [-0.2, -0.15) is 9.29 Å². The van der Waals surface area contributed by atoms with E-state index in [1.54, 1.807) is 18.1 Å². The van der Waals surface area contributed by atoms with Gasteiger partial charge in [-0.1, -0.05) is 0 Å². The molecule has 1 N–H and O–H groups in total. The van der Waals surface area contributed by atoms with Gasteiger partial charge in [-0.3, -0.25) is 4.79 Å². The smallest absolute Gasteiger partial charge is 0.279 e. The number of carbonyl (C=O) groups excluding carboxylic acids is 1. The van der Waals surface area contributed by atoms with E-state index in [4.69, 9.17) is 4.98 Å². The van der Waals surface area contributed by atoms with Crippen LogP contribution >= 0.6 is 11.3 Å². The number of nitrogens with zero attached hydrogens (tertiary/aromatic N) is 7. The van der Waals surface area contributed by atoms with Crippen LogP contribution in [0.4, 0.5) is 33.8 Å². The van der Waals surface area contributed by atoms with Gasteiger partial charge in [0.25, 0.3) is 5.91 Å². The van der Waals surface area contributed by atoms with E-state index >= 15 is 0 Å². The van der Waals surface area contributed by atoms with Crippen molar-refractivity contribution in [2.75, 3.05) is 66.0 Å². The lowest BCUT2D eigenvalue weighted by Crippen LogP contribution is -2.48. The maximum Gasteiger partial charge on any atom is 0.279 e. The van der Waals surface area contributed by atoms with Crippen molar-refractivity contribution >= 4 is 61.1 Å². The number of fused-ring (bicyclic) bond motifs is 2. The number of sulfonamides is 1. The molecule has 2 aromatic heterocycles. The highest BCUT2D eigenvalue weighted by molar-refractivity contribution is 7.88. The Hall–Kier alpha value is -3.29. The molecule has 4 heterocycles. The van der Waals surface area contributed by atoms with Crippen molar-refractivity contribution in [1.82, 2.24) is 19.3 Å². The molecule has 0 saturated carbocycles. The number of benzene rings is 1. The van der Waals surface area contributed by atoms with Crippen molar-refractivity contribution in [3.63, 3.8) is 0 Å². The van der Waals surface area contributed by atoms with E-state index in [1.165, 1.54) is 21.9 Å². The first-order valence-corrected chi connectivity index (χ1v) is 14.7. The van der Waals surface area contributed by atoms with E-state index in [-0.39, 0.29) is 5.91 Å². The van der Waals surface area contributed by atoms with Gasteiger partial charge in [-0.05, 0) is 44.5 Å². The number of anilines is 6. The summed E-state index contributed by atoms with van der Waals surface area (Å²) in [7, 11) is -1.45. The Morgan fingerprint density at radius 1 is 1.11 bits per heavy atom. The SMILES string of the molecule is CCN1c2nc(Nc3ccc(N4CCN(S(C)(=O)=O)CC4)cc3C)ncc2N(C)C(=O)c2nc(C)sc21. The number of carbonyl (C=O) groups is 1. The molecule has 11 nitrogen and oxygen atoms in total. The van der Waals surface area contributed by atoms with Gasteiger partial charge in [0.1, 0.15) is 10.7 Å². The highest BCUT2D eigenvalue weighted by Gasteiger charge is 2.33. The molecule has 196 valence electrons. The Morgan fingerprint density at radius 3 is 2.49 bits per heavy atom. The summed E-state index contributed by atoms with van der Waals surface area (Å²) in [5, 5.41) is 4.95. The fourth-order valence-corrected chi connectivity index (χ4v) is 6.44. The molecule has 5 rings (SSSR count). The molecule has 3 aromatic rings. The molecule has 2 aliphatic heterocycles. The summed E-state index contributed by atoms with van der Waals surface area (Å²) in [5.41, 5.74) is 3.99. The Kier molecular flexibility index (Phi) is 6.54. The Labute approximate surface area is 220 Å². The summed E-state index contributed by atoms with van der Waals surface area (Å²) in [5.74, 6) is 0.904. The van der Waals surface area contributed by atoms with Crippen molar-refractivity contribution in [3.05, 3.63) is 40.7 Å².